The van der Waals surface area contributed by atoms with Crippen LogP contribution in [0.1, 0.15) is 25.3 Å². The predicted molar refractivity (Wildman–Crippen MR) is 73.8 cm³/mol. The van der Waals surface area contributed by atoms with Crippen LogP contribution in [-0.2, 0) is 11.2 Å². The van der Waals surface area contributed by atoms with Crippen molar-refractivity contribution < 1.29 is 4.79 Å². The summed E-state index contributed by atoms with van der Waals surface area (Å²) in [6, 6.07) is 8.94. The van der Waals surface area contributed by atoms with E-state index in [9.17, 15) is 4.79 Å². The van der Waals surface area contributed by atoms with E-state index in [1.807, 2.05) is 37.3 Å². The second kappa shape index (κ2) is 7.52. The number of hydrogen-bond acceptors (Lipinski definition) is 2. The first-order valence-electron chi connectivity index (χ1n) is 6.23. The van der Waals surface area contributed by atoms with Crippen LogP contribution < -0.4 is 11.1 Å². The highest BCUT2D eigenvalue weighted by atomic mass is 16.2. The molecule has 1 unspecified atom stereocenters. The van der Waals surface area contributed by atoms with E-state index in [2.05, 4.69) is 11.2 Å². The van der Waals surface area contributed by atoms with Crippen LogP contribution in [0.25, 0.3) is 0 Å². The molecule has 2 atom stereocenters. The molecule has 1 rings (SSSR count). The van der Waals surface area contributed by atoms with Crippen LogP contribution in [0.3, 0.4) is 0 Å². The number of amides is 1. The number of nitrogens with two attached hydrogens (primary N) is 1. The number of carbonyl (C=O) groups is 1. The second-order valence-electron chi connectivity index (χ2n) is 4.31. The molecule has 3 N–H and O–H groups in total. The van der Waals surface area contributed by atoms with Gasteiger partial charge in [0.2, 0.25) is 5.91 Å². The molecule has 1 aromatic rings. The fraction of sp³-hybridized carbons (Fsp3) is 0.400. The number of terminal acetylenes is 1. The van der Waals surface area contributed by atoms with Crippen LogP contribution >= 0.6 is 0 Å². The number of rotatable bonds is 6. The normalized spacial score (nSPS) is 13.4. The van der Waals surface area contributed by atoms with Gasteiger partial charge >= 0.3 is 0 Å². The van der Waals surface area contributed by atoms with Crippen molar-refractivity contribution in [2.75, 3.05) is 0 Å². The van der Waals surface area contributed by atoms with Gasteiger partial charge in [-0.1, -0.05) is 49.6 Å². The van der Waals surface area contributed by atoms with E-state index in [1.54, 1.807) is 0 Å². The molecule has 1 amide bonds. The Balaban J connectivity index is 2.49. The topological polar surface area (TPSA) is 55.1 Å². The molecule has 0 aromatic heterocycles. The smallest absolute Gasteiger partial charge is 0.238 e. The van der Waals surface area contributed by atoms with Crippen molar-refractivity contribution in [2.24, 2.45) is 5.73 Å². The molecule has 0 radical (unpaired) electrons. The molecule has 1 aromatic carbocycles. The predicted octanol–water partition coefficient (Wildman–Crippen LogP) is 1.47. The molecule has 0 aliphatic heterocycles. The summed E-state index contributed by atoms with van der Waals surface area (Å²) in [4.78, 5) is 11.9. The monoisotopic (exact) mass is 244 g/mol. The summed E-state index contributed by atoms with van der Waals surface area (Å²) >= 11 is 0. The Morgan fingerprint density at radius 2 is 2.11 bits per heavy atom. The first kappa shape index (κ1) is 14.3. The average molecular weight is 244 g/mol. The average Bonchev–Trinajstić information content (AvgIpc) is 2.39. The van der Waals surface area contributed by atoms with E-state index in [-0.39, 0.29) is 11.9 Å². The minimum atomic E-state index is -0.555. The fourth-order valence-electron chi connectivity index (χ4n) is 1.73. The Hall–Kier alpha value is -1.79. The highest BCUT2D eigenvalue weighted by molar-refractivity contribution is 5.82. The van der Waals surface area contributed by atoms with Crippen molar-refractivity contribution in [3.8, 4) is 12.3 Å². The van der Waals surface area contributed by atoms with Crippen LogP contribution in [0.2, 0.25) is 0 Å². The Bertz CT molecular complexity index is 408. The molecule has 18 heavy (non-hydrogen) atoms. The summed E-state index contributed by atoms with van der Waals surface area (Å²) in [7, 11) is 0. The summed E-state index contributed by atoms with van der Waals surface area (Å²) in [5, 5.41) is 2.79. The molecule has 0 spiro atoms. The third-order valence-electron chi connectivity index (χ3n) is 2.73. The second-order valence-corrected chi connectivity index (χ2v) is 4.31. The lowest BCUT2D eigenvalue weighted by atomic mass is 10.1. The van der Waals surface area contributed by atoms with E-state index in [0.717, 1.165) is 18.4 Å². The highest BCUT2D eigenvalue weighted by Gasteiger charge is 2.16. The largest absolute Gasteiger partial charge is 0.341 e. The van der Waals surface area contributed by atoms with Gasteiger partial charge in [-0.25, -0.2) is 0 Å². The van der Waals surface area contributed by atoms with Crippen molar-refractivity contribution in [2.45, 2.75) is 38.3 Å². The summed E-state index contributed by atoms with van der Waals surface area (Å²) in [5.41, 5.74) is 6.92. The molecule has 0 aliphatic carbocycles. The summed E-state index contributed by atoms with van der Waals surface area (Å²) < 4.78 is 0. The third-order valence-corrected chi connectivity index (χ3v) is 2.73. The van der Waals surface area contributed by atoms with Gasteiger partial charge in [0, 0.05) is 0 Å². The summed E-state index contributed by atoms with van der Waals surface area (Å²) in [6.07, 6.45) is 7.59. The highest BCUT2D eigenvalue weighted by Crippen LogP contribution is 2.03. The molecule has 0 heterocycles. The molecule has 0 aliphatic rings. The van der Waals surface area contributed by atoms with Gasteiger partial charge in [0.25, 0.3) is 0 Å². The Labute approximate surface area is 109 Å². The number of nitrogens with one attached hydrogen (secondary N) is 1. The molecule has 0 fully saturated rings. The first-order valence-corrected chi connectivity index (χ1v) is 6.23. The maximum Gasteiger partial charge on any atom is 0.238 e. The minimum Gasteiger partial charge on any atom is -0.341 e. The molecule has 3 nitrogen and oxygen atoms in total. The van der Waals surface area contributed by atoms with Gasteiger partial charge in [0.1, 0.15) is 0 Å². The van der Waals surface area contributed by atoms with Gasteiger partial charge in [0.15, 0.2) is 0 Å². The van der Waals surface area contributed by atoms with E-state index < -0.39 is 6.04 Å². The number of carbonyl (C=O) groups excluding carboxylic acids is 1. The van der Waals surface area contributed by atoms with Gasteiger partial charge in [-0.15, -0.1) is 6.42 Å². The van der Waals surface area contributed by atoms with Gasteiger partial charge in [0.05, 0.1) is 12.1 Å². The SMILES string of the molecule is C#CC(CCC)NC(=O)[C@H](N)Cc1ccccc1. The van der Waals surface area contributed by atoms with Gasteiger partial charge < -0.3 is 11.1 Å². The van der Waals surface area contributed by atoms with Crippen molar-refractivity contribution in [3.05, 3.63) is 35.9 Å². The standard InChI is InChI=1S/C15H20N2O/c1-3-8-13(4-2)17-15(18)14(16)11-12-9-6-5-7-10-12/h2,5-7,9-10,13-14H,3,8,11,16H2,1H3,(H,17,18)/t13?,14-/m1/s1. The van der Waals surface area contributed by atoms with E-state index in [4.69, 9.17) is 12.2 Å². The van der Waals surface area contributed by atoms with Crippen LogP contribution in [-0.4, -0.2) is 18.0 Å². The van der Waals surface area contributed by atoms with Crippen LogP contribution in [0.4, 0.5) is 0 Å². The zero-order valence-corrected chi connectivity index (χ0v) is 10.7. The van der Waals surface area contributed by atoms with Gasteiger partial charge in [-0.3, -0.25) is 4.79 Å². The zero-order valence-electron chi connectivity index (χ0n) is 10.7. The molecule has 3 heteroatoms. The van der Waals surface area contributed by atoms with Crippen LogP contribution in [0.15, 0.2) is 30.3 Å². The third kappa shape index (κ3) is 4.60. The van der Waals surface area contributed by atoms with Gasteiger partial charge in [-0.05, 0) is 18.4 Å². The maximum absolute atomic E-state index is 11.9. The van der Waals surface area contributed by atoms with E-state index in [1.165, 1.54) is 0 Å². The molecule has 0 saturated heterocycles. The van der Waals surface area contributed by atoms with Crippen LogP contribution in [0.5, 0.6) is 0 Å². The van der Waals surface area contributed by atoms with Crippen molar-refractivity contribution >= 4 is 5.91 Å². The molecule has 0 bridgehead atoms. The maximum atomic E-state index is 11.9. The van der Waals surface area contributed by atoms with Crippen molar-refractivity contribution in [1.82, 2.24) is 5.32 Å². The lowest BCUT2D eigenvalue weighted by Crippen LogP contribution is -2.46. The molecule has 96 valence electrons. The van der Waals surface area contributed by atoms with Crippen molar-refractivity contribution in [3.63, 3.8) is 0 Å². The first-order chi connectivity index (χ1) is 8.67. The fourth-order valence-corrected chi connectivity index (χ4v) is 1.73. The minimum absolute atomic E-state index is 0.185. The Kier molecular flexibility index (Phi) is 5.96. The molecule has 0 saturated carbocycles. The number of benzene rings is 1. The lowest BCUT2D eigenvalue weighted by molar-refractivity contribution is -0.122. The summed E-state index contributed by atoms with van der Waals surface area (Å²) in [5.74, 6) is 2.38. The lowest BCUT2D eigenvalue weighted by Gasteiger charge is -2.16. The molecular formula is C15H20N2O. The van der Waals surface area contributed by atoms with E-state index >= 15 is 0 Å². The Morgan fingerprint density at radius 1 is 1.44 bits per heavy atom. The van der Waals surface area contributed by atoms with Gasteiger partial charge in [-0.2, -0.15) is 0 Å². The quantitative estimate of drug-likeness (QED) is 0.745. The zero-order chi connectivity index (χ0) is 13.4. The van der Waals surface area contributed by atoms with Crippen LogP contribution in [0, 0.1) is 12.3 Å². The molecular weight excluding hydrogens is 224 g/mol. The van der Waals surface area contributed by atoms with E-state index in [0.29, 0.717) is 6.42 Å². The Morgan fingerprint density at radius 3 is 2.67 bits per heavy atom. The summed E-state index contributed by atoms with van der Waals surface area (Å²) in [6.45, 7) is 2.03. The number of hydrogen-bond donors (Lipinski definition) is 2. The van der Waals surface area contributed by atoms with Crippen molar-refractivity contribution in [1.29, 1.82) is 0 Å².